The Balaban J connectivity index is 1.86. The van der Waals surface area contributed by atoms with Crippen molar-refractivity contribution in [2.45, 2.75) is 32.2 Å². The van der Waals surface area contributed by atoms with Crippen LogP contribution in [0.2, 0.25) is 0 Å². The van der Waals surface area contributed by atoms with E-state index < -0.39 is 0 Å². The first-order chi connectivity index (χ1) is 8.81. The Kier molecular flexibility index (Phi) is 4.70. The van der Waals surface area contributed by atoms with Crippen LogP contribution in [0.25, 0.3) is 0 Å². The molecule has 1 unspecified atom stereocenters. The van der Waals surface area contributed by atoms with E-state index in [9.17, 15) is 4.79 Å². The highest BCUT2D eigenvalue weighted by Crippen LogP contribution is 2.11. The quantitative estimate of drug-likeness (QED) is 0.851. The van der Waals surface area contributed by atoms with E-state index in [1.165, 1.54) is 0 Å². The van der Waals surface area contributed by atoms with Crippen molar-refractivity contribution in [2.75, 3.05) is 19.6 Å². The lowest BCUT2D eigenvalue weighted by Gasteiger charge is -2.27. The minimum atomic E-state index is 0.259. The molecule has 0 aliphatic carbocycles. The molecule has 2 heterocycles. The molecule has 0 aromatic carbocycles. The van der Waals surface area contributed by atoms with Crippen LogP contribution < -0.4 is 5.32 Å². The van der Waals surface area contributed by atoms with Crippen molar-refractivity contribution in [1.82, 2.24) is 15.2 Å². The molecule has 0 saturated carbocycles. The maximum absolute atomic E-state index is 12.2. The summed E-state index contributed by atoms with van der Waals surface area (Å²) in [7, 11) is 0. The van der Waals surface area contributed by atoms with Crippen molar-refractivity contribution in [3.8, 4) is 0 Å². The third-order valence-electron chi connectivity index (χ3n) is 3.49. The summed E-state index contributed by atoms with van der Waals surface area (Å²) in [6, 6.07) is 4.32. The molecule has 98 valence electrons. The fraction of sp³-hybridized carbons (Fsp3) is 0.571. The van der Waals surface area contributed by atoms with Crippen molar-refractivity contribution < 1.29 is 4.79 Å². The van der Waals surface area contributed by atoms with Crippen molar-refractivity contribution in [3.05, 3.63) is 30.1 Å². The average molecular weight is 247 g/mol. The number of aromatic nitrogens is 1. The predicted molar refractivity (Wildman–Crippen MR) is 71.2 cm³/mol. The molecule has 1 atom stereocenters. The predicted octanol–water partition coefficient (Wildman–Crippen LogP) is 1.22. The number of carbonyl (C=O) groups is 1. The molecule has 0 bridgehead atoms. The Bertz CT molecular complexity index is 374. The first-order valence-electron chi connectivity index (χ1n) is 6.70. The van der Waals surface area contributed by atoms with Gasteiger partial charge in [0.25, 0.3) is 0 Å². The third kappa shape index (κ3) is 3.29. The molecule has 1 aromatic heterocycles. The van der Waals surface area contributed by atoms with Gasteiger partial charge in [0.2, 0.25) is 5.91 Å². The van der Waals surface area contributed by atoms with Gasteiger partial charge in [-0.2, -0.15) is 0 Å². The number of likely N-dealkylation sites (N-methyl/N-ethyl adjacent to an activating group) is 1. The van der Waals surface area contributed by atoms with Crippen LogP contribution in [0, 0.1) is 0 Å². The van der Waals surface area contributed by atoms with Crippen molar-refractivity contribution >= 4 is 5.91 Å². The maximum Gasteiger partial charge on any atom is 0.223 e. The number of nitrogens with zero attached hydrogens (tertiary/aromatic N) is 2. The topological polar surface area (TPSA) is 45.2 Å². The van der Waals surface area contributed by atoms with Crippen LogP contribution in [0.5, 0.6) is 0 Å². The maximum atomic E-state index is 12.2. The fourth-order valence-corrected chi connectivity index (χ4v) is 2.48. The summed E-state index contributed by atoms with van der Waals surface area (Å²) >= 11 is 0. The molecule has 1 aliphatic rings. The minimum Gasteiger partial charge on any atom is -0.339 e. The van der Waals surface area contributed by atoms with E-state index >= 15 is 0 Å². The number of pyridine rings is 1. The van der Waals surface area contributed by atoms with Crippen LogP contribution >= 0.6 is 0 Å². The summed E-state index contributed by atoms with van der Waals surface area (Å²) in [6.07, 6.45) is 6.03. The molecular weight excluding hydrogens is 226 g/mol. The summed E-state index contributed by atoms with van der Waals surface area (Å²) in [4.78, 5) is 18.3. The lowest BCUT2D eigenvalue weighted by molar-refractivity contribution is -0.132. The molecule has 0 spiro atoms. The smallest absolute Gasteiger partial charge is 0.223 e. The van der Waals surface area contributed by atoms with Crippen molar-refractivity contribution in [2.24, 2.45) is 0 Å². The molecule has 2 rings (SSSR count). The van der Waals surface area contributed by atoms with Gasteiger partial charge >= 0.3 is 0 Å². The Hall–Kier alpha value is -1.42. The van der Waals surface area contributed by atoms with Crippen LogP contribution in [-0.2, 0) is 11.2 Å². The number of rotatable bonds is 5. The van der Waals surface area contributed by atoms with Gasteiger partial charge in [-0.3, -0.25) is 9.78 Å². The molecule has 1 N–H and O–H groups in total. The zero-order valence-corrected chi connectivity index (χ0v) is 10.9. The lowest BCUT2D eigenvalue weighted by atomic mass is 10.1. The van der Waals surface area contributed by atoms with Gasteiger partial charge in [0.05, 0.1) is 0 Å². The second kappa shape index (κ2) is 6.50. The second-order valence-electron chi connectivity index (χ2n) is 4.69. The summed E-state index contributed by atoms with van der Waals surface area (Å²) in [5, 5.41) is 3.31. The van der Waals surface area contributed by atoms with E-state index in [0.29, 0.717) is 12.5 Å². The van der Waals surface area contributed by atoms with E-state index in [2.05, 4.69) is 17.2 Å². The number of carbonyl (C=O) groups excluding carboxylic acids is 1. The second-order valence-corrected chi connectivity index (χ2v) is 4.69. The van der Waals surface area contributed by atoms with Crippen LogP contribution in [0.1, 0.15) is 25.3 Å². The summed E-state index contributed by atoms with van der Waals surface area (Å²) in [5.74, 6) is 0.259. The van der Waals surface area contributed by atoms with Gasteiger partial charge in [0.1, 0.15) is 0 Å². The van der Waals surface area contributed by atoms with Gasteiger partial charge in [-0.25, -0.2) is 0 Å². The average Bonchev–Trinajstić information content (AvgIpc) is 2.92. The molecule has 1 amide bonds. The molecule has 1 aliphatic heterocycles. The van der Waals surface area contributed by atoms with E-state index in [-0.39, 0.29) is 5.91 Å². The van der Waals surface area contributed by atoms with E-state index in [1.807, 2.05) is 23.2 Å². The molecule has 18 heavy (non-hydrogen) atoms. The third-order valence-corrected chi connectivity index (χ3v) is 3.49. The standard InChI is InChI=1S/C14H21N3O/c1-2-17(13-7-9-16-11-13)14(18)6-5-12-4-3-8-15-10-12/h3-4,8,10,13,16H,2,5-7,9,11H2,1H3. The number of nitrogens with one attached hydrogen (secondary N) is 1. The molecule has 1 aromatic rings. The normalized spacial score (nSPS) is 18.8. The van der Waals surface area contributed by atoms with Crippen LogP contribution in [-0.4, -0.2) is 41.5 Å². The zero-order chi connectivity index (χ0) is 12.8. The number of aryl methyl sites for hydroxylation is 1. The molecule has 1 fully saturated rings. The van der Waals surface area contributed by atoms with E-state index in [1.54, 1.807) is 6.20 Å². The highest BCUT2D eigenvalue weighted by molar-refractivity contribution is 5.76. The first-order valence-corrected chi connectivity index (χ1v) is 6.70. The number of hydrogen-bond donors (Lipinski definition) is 1. The Labute approximate surface area is 108 Å². The van der Waals surface area contributed by atoms with Gasteiger partial charge < -0.3 is 10.2 Å². The highest BCUT2D eigenvalue weighted by atomic mass is 16.2. The zero-order valence-electron chi connectivity index (χ0n) is 10.9. The molecule has 0 radical (unpaired) electrons. The summed E-state index contributed by atoms with van der Waals surface area (Å²) in [5.41, 5.74) is 1.13. The van der Waals surface area contributed by atoms with Gasteiger partial charge in [0, 0.05) is 37.9 Å². The largest absolute Gasteiger partial charge is 0.339 e. The Morgan fingerprint density at radius 3 is 3.11 bits per heavy atom. The Morgan fingerprint density at radius 2 is 2.50 bits per heavy atom. The molecule has 4 heteroatoms. The molecule has 1 saturated heterocycles. The number of amides is 1. The van der Waals surface area contributed by atoms with Crippen molar-refractivity contribution in [1.29, 1.82) is 0 Å². The van der Waals surface area contributed by atoms with E-state index in [4.69, 9.17) is 0 Å². The Morgan fingerprint density at radius 1 is 1.61 bits per heavy atom. The minimum absolute atomic E-state index is 0.259. The van der Waals surface area contributed by atoms with Crippen molar-refractivity contribution in [3.63, 3.8) is 0 Å². The van der Waals surface area contributed by atoms with Gasteiger partial charge in [0.15, 0.2) is 0 Å². The monoisotopic (exact) mass is 247 g/mol. The molecular formula is C14H21N3O. The van der Waals surface area contributed by atoms with Gasteiger partial charge in [-0.1, -0.05) is 6.07 Å². The van der Waals surface area contributed by atoms with Crippen LogP contribution in [0.15, 0.2) is 24.5 Å². The van der Waals surface area contributed by atoms with Crippen LogP contribution in [0.4, 0.5) is 0 Å². The SMILES string of the molecule is CCN(C(=O)CCc1cccnc1)C1CCNC1. The first kappa shape index (κ1) is 13.0. The summed E-state index contributed by atoms with van der Waals surface area (Å²) < 4.78 is 0. The van der Waals surface area contributed by atoms with E-state index in [0.717, 1.165) is 38.0 Å². The van der Waals surface area contributed by atoms with Crippen LogP contribution in [0.3, 0.4) is 0 Å². The highest BCUT2D eigenvalue weighted by Gasteiger charge is 2.24. The lowest BCUT2D eigenvalue weighted by Crippen LogP contribution is -2.41. The molecule has 4 nitrogen and oxygen atoms in total. The summed E-state index contributed by atoms with van der Waals surface area (Å²) in [6.45, 7) is 4.82. The van der Waals surface area contributed by atoms with Gasteiger partial charge in [-0.15, -0.1) is 0 Å². The van der Waals surface area contributed by atoms with Gasteiger partial charge in [-0.05, 0) is 37.9 Å². The fourth-order valence-electron chi connectivity index (χ4n) is 2.48. The number of hydrogen-bond acceptors (Lipinski definition) is 3.